The van der Waals surface area contributed by atoms with Crippen LogP contribution < -0.4 is 15.8 Å². The van der Waals surface area contributed by atoms with Crippen LogP contribution in [0.1, 0.15) is 13.8 Å². The Morgan fingerprint density at radius 2 is 2.14 bits per heavy atom. The maximum atomic E-state index is 11.5. The second kappa shape index (κ2) is 2.64. The predicted octanol–water partition coefficient (Wildman–Crippen LogP) is 1.38. The van der Waals surface area contributed by atoms with Crippen molar-refractivity contribution in [3.05, 3.63) is 18.2 Å². The number of benzene rings is 1. The molecule has 74 valence electrons. The van der Waals surface area contributed by atoms with Crippen LogP contribution in [0.2, 0.25) is 0 Å². The Labute approximate surface area is 82.1 Å². The molecule has 2 rings (SSSR count). The van der Waals surface area contributed by atoms with Gasteiger partial charge in [0.15, 0.2) is 5.75 Å². The fourth-order valence-electron chi connectivity index (χ4n) is 1.36. The second-order valence-electron chi connectivity index (χ2n) is 3.86. The average molecular weight is 192 g/mol. The number of nitrogens with two attached hydrogens (primary N) is 1. The number of fused-ring (bicyclic) bond motifs is 1. The van der Waals surface area contributed by atoms with Gasteiger partial charge in [-0.1, -0.05) is 6.07 Å². The lowest BCUT2D eigenvalue weighted by molar-refractivity contribution is -0.139. The molecule has 4 nitrogen and oxygen atoms in total. The Hall–Kier alpha value is -1.71. The zero-order valence-electron chi connectivity index (χ0n) is 8.13. The van der Waals surface area contributed by atoms with Gasteiger partial charge in [0.2, 0.25) is 0 Å². The number of hydrogen-bond donors (Lipinski definition) is 2. The molecule has 1 aliphatic rings. The van der Waals surface area contributed by atoms with E-state index in [1.54, 1.807) is 32.0 Å². The van der Waals surface area contributed by atoms with Crippen molar-refractivity contribution >= 4 is 17.3 Å². The van der Waals surface area contributed by atoms with E-state index in [9.17, 15) is 4.79 Å². The molecule has 1 aromatic carbocycles. The largest absolute Gasteiger partial charge is 0.423 e. The Morgan fingerprint density at radius 3 is 2.86 bits per heavy atom. The Kier molecular flexibility index (Phi) is 1.67. The highest BCUT2D eigenvalue weighted by atomic mass is 16.5. The van der Waals surface area contributed by atoms with Gasteiger partial charge in [-0.25, -0.2) is 4.79 Å². The van der Waals surface area contributed by atoms with Crippen LogP contribution in [0.5, 0.6) is 5.75 Å². The monoisotopic (exact) mass is 192 g/mol. The molecular weight excluding hydrogens is 180 g/mol. The molecule has 3 N–H and O–H groups in total. The summed E-state index contributed by atoms with van der Waals surface area (Å²) in [5.41, 5.74) is 6.31. The fraction of sp³-hybridized carbons (Fsp3) is 0.300. The molecule has 0 spiro atoms. The number of ether oxygens (including phenoxy) is 1. The van der Waals surface area contributed by atoms with Crippen LogP contribution in [0.15, 0.2) is 18.2 Å². The minimum atomic E-state index is -0.720. The first kappa shape index (κ1) is 8.87. The lowest BCUT2D eigenvalue weighted by atomic mass is 10.0. The number of para-hydroxylation sites is 1. The number of esters is 1. The van der Waals surface area contributed by atoms with Gasteiger partial charge in [-0.2, -0.15) is 0 Å². The molecule has 0 saturated carbocycles. The number of nitrogen functional groups attached to an aromatic ring is 1. The summed E-state index contributed by atoms with van der Waals surface area (Å²) < 4.78 is 5.15. The van der Waals surface area contributed by atoms with Gasteiger partial charge in [0.05, 0.1) is 5.69 Å². The van der Waals surface area contributed by atoms with E-state index in [0.717, 1.165) is 0 Å². The summed E-state index contributed by atoms with van der Waals surface area (Å²) in [6.07, 6.45) is 0. The first-order chi connectivity index (χ1) is 6.50. The van der Waals surface area contributed by atoms with Gasteiger partial charge < -0.3 is 15.8 Å². The summed E-state index contributed by atoms with van der Waals surface area (Å²) >= 11 is 0. The van der Waals surface area contributed by atoms with Crippen molar-refractivity contribution in [2.75, 3.05) is 11.1 Å². The Balaban J connectivity index is 2.51. The molecule has 4 heteroatoms. The highest BCUT2D eigenvalue weighted by Gasteiger charge is 2.35. The molecule has 1 heterocycles. The highest BCUT2D eigenvalue weighted by molar-refractivity contribution is 5.93. The maximum absolute atomic E-state index is 11.5. The zero-order chi connectivity index (χ0) is 10.3. The lowest BCUT2D eigenvalue weighted by Crippen LogP contribution is -2.46. The molecule has 0 radical (unpaired) electrons. The predicted molar refractivity (Wildman–Crippen MR) is 54.2 cm³/mol. The van der Waals surface area contributed by atoms with E-state index in [1.807, 2.05) is 0 Å². The first-order valence-electron chi connectivity index (χ1n) is 4.40. The van der Waals surface area contributed by atoms with Crippen LogP contribution in [0, 0.1) is 0 Å². The third kappa shape index (κ3) is 1.19. The van der Waals surface area contributed by atoms with Gasteiger partial charge in [-0.15, -0.1) is 0 Å². The van der Waals surface area contributed by atoms with Crippen LogP contribution in [0.25, 0.3) is 0 Å². The molecule has 14 heavy (non-hydrogen) atoms. The minimum absolute atomic E-state index is 0.296. The van der Waals surface area contributed by atoms with Gasteiger partial charge in [-0.3, -0.25) is 0 Å². The summed E-state index contributed by atoms with van der Waals surface area (Å²) in [4.78, 5) is 11.5. The van der Waals surface area contributed by atoms with E-state index in [2.05, 4.69) is 5.32 Å². The van der Waals surface area contributed by atoms with E-state index in [-0.39, 0.29) is 5.97 Å². The van der Waals surface area contributed by atoms with E-state index in [1.165, 1.54) is 0 Å². The van der Waals surface area contributed by atoms with Crippen molar-refractivity contribution in [1.82, 2.24) is 0 Å². The summed E-state index contributed by atoms with van der Waals surface area (Å²) in [6, 6.07) is 5.23. The average Bonchev–Trinajstić information content (AvgIpc) is 2.09. The molecule has 0 aromatic heterocycles. The molecule has 1 aromatic rings. The van der Waals surface area contributed by atoms with Crippen LogP contribution >= 0.6 is 0 Å². The van der Waals surface area contributed by atoms with Crippen molar-refractivity contribution in [2.45, 2.75) is 19.4 Å². The molecule has 0 bridgehead atoms. The number of carbonyl (C=O) groups is 1. The van der Waals surface area contributed by atoms with Crippen molar-refractivity contribution in [2.24, 2.45) is 0 Å². The zero-order valence-corrected chi connectivity index (χ0v) is 8.13. The van der Waals surface area contributed by atoms with E-state index in [4.69, 9.17) is 10.5 Å². The molecular formula is C10H12N2O2. The lowest BCUT2D eigenvalue weighted by Gasteiger charge is -2.31. The van der Waals surface area contributed by atoms with Gasteiger partial charge in [-0.05, 0) is 26.0 Å². The minimum Gasteiger partial charge on any atom is -0.423 e. The van der Waals surface area contributed by atoms with Crippen LogP contribution in [0.4, 0.5) is 11.4 Å². The SMILES string of the molecule is CC1(C)Nc2c(N)cccc2OC1=O. The third-order valence-corrected chi connectivity index (χ3v) is 2.21. The van der Waals surface area contributed by atoms with Gasteiger partial charge in [0.1, 0.15) is 11.2 Å². The number of anilines is 2. The highest BCUT2D eigenvalue weighted by Crippen LogP contribution is 2.37. The number of carbonyl (C=O) groups excluding carboxylic acids is 1. The molecule has 1 aliphatic heterocycles. The summed E-state index contributed by atoms with van der Waals surface area (Å²) in [5, 5.41) is 3.05. The topological polar surface area (TPSA) is 64.3 Å². The first-order valence-corrected chi connectivity index (χ1v) is 4.40. The standard InChI is InChI=1S/C10H12N2O2/c1-10(2)9(13)14-7-5-3-4-6(11)8(7)12-10/h3-5,12H,11H2,1-2H3. The normalized spacial score (nSPS) is 18.0. The summed E-state index contributed by atoms with van der Waals surface area (Å²) in [5.74, 6) is 0.199. The molecule has 0 atom stereocenters. The van der Waals surface area contributed by atoms with Gasteiger partial charge >= 0.3 is 5.97 Å². The van der Waals surface area contributed by atoms with E-state index >= 15 is 0 Å². The van der Waals surface area contributed by atoms with Crippen LogP contribution in [-0.4, -0.2) is 11.5 Å². The molecule has 0 saturated heterocycles. The summed E-state index contributed by atoms with van der Waals surface area (Å²) in [7, 11) is 0. The molecule has 0 amide bonds. The molecule has 0 fully saturated rings. The molecule has 0 aliphatic carbocycles. The van der Waals surface area contributed by atoms with Gasteiger partial charge in [0, 0.05) is 0 Å². The second-order valence-corrected chi connectivity index (χ2v) is 3.86. The molecule has 0 unspecified atom stereocenters. The Bertz CT molecular complexity index is 399. The third-order valence-electron chi connectivity index (χ3n) is 2.21. The Morgan fingerprint density at radius 1 is 1.43 bits per heavy atom. The van der Waals surface area contributed by atoms with E-state index < -0.39 is 5.54 Å². The van der Waals surface area contributed by atoms with Crippen molar-refractivity contribution in [1.29, 1.82) is 0 Å². The maximum Gasteiger partial charge on any atom is 0.336 e. The summed E-state index contributed by atoms with van der Waals surface area (Å²) in [6.45, 7) is 3.51. The van der Waals surface area contributed by atoms with E-state index in [0.29, 0.717) is 17.1 Å². The van der Waals surface area contributed by atoms with Gasteiger partial charge in [0.25, 0.3) is 0 Å². The fourth-order valence-corrected chi connectivity index (χ4v) is 1.36. The quantitative estimate of drug-likeness (QED) is 0.370. The van der Waals surface area contributed by atoms with Crippen molar-refractivity contribution < 1.29 is 9.53 Å². The van der Waals surface area contributed by atoms with Crippen molar-refractivity contribution in [3.8, 4) is 5.75 Å². The number of nitrogens with one attached hydrogen (secondary N) is 1. The van der Waals surface area contributed by atoms with Crippen LogP contribution in [-0.2, 0) is 4.79 Å². The number of rotatable bonds is 0. The van der Waals surface area contributed by atoms with Crippen molar-refractivity contribution in [3.63, 3.8) is 0 Å². The van der Waals surface area contributed by atoms with Crippen LogP contribution in [0.3, 0.4) is 0 Å². The smallest absolute Gasteiger partial charge is 0.336 e. The number of hydrogen-bond acceptors (Lipinski definition) is 4.